The Bertz CT molecular complexity index is 914. The van der Waals surface area contributed by atoms with Gasteiger partial charge in [-0.25, -0.2) is 9.37 Å². The highest BCUT2D eigenvalue weighted by Gasteiger charge is 2.18. The Labute approximate surface area is 144 Å². The minimum Gasteiger partial charge on any atom is -0.487 e. The fourth-order valence-corrected chi connectivity index (χ4v) is 2.52. The zero-order valence-corrected chi connectivity index (χ0v) is 13.6. The molecule has 1 atom stereocenters. The number of hydrogen-bond donors (Lipinski definition) is 1. The monoisotopic (exact) mass is 340 g/mol. The van der Waals surface area contributed by atoms with Crippen LogP contribution in [0.15, 0.2) is 54.6 Å². The molecule has 0 bridgehead atoms. The lowest BCUT2D eigenvalue weighted by Gasteiger charge is -2.13. The lowest BCUT2D eigenvalue weighted by molar-refractivity contribution is -0.00733. The highest BCUT2D eigenvalue weighted by atomic mass is 19.1. The first-order chi connectivity index (χ1) is 12.1. The zero-order chi connectivity index (χ0) is 17.8. The molecule has 3 aromatic rings. The van der Waals surface area contributed by atoms with Crippen LogP contribution in [0.4, 0.5) is 4.39 Å². The standard InChI is InChI=1S/C19H17FN2O3/c1-24-18(20)16-10-14(8-9-15(16)19(21)23)25-11-13-7-6-12-4-2-3-5-17(12)22-13/h2-10,18H,11H2,1H3,(H2,21,23). The molecule has 2 aromatic carbocycles. The summed E-state index contributed by atoms with van der Waals surface area (Å²) in [5.74, 6) is -0.327. The van der Waals surface area contributed by atoms with E-state index in [0.717, 1.165) is 16.6 Å². The summed E-state index contributed by atoms with van der Waals surface area (Å²) in [6.45, 7) is 0.212. The molecule has 3 rings (SSSR count). The molecule has 25 heavy (non-hydrogen) atoms. The SMILES string of the molecule is COC(F)c1cc(OCc2ccc3ccccc3n2)ccc1C(N)=O. The van der Waals surface area contributed by atoms with E-state index < -0.39 is 12.3 Å². The molecule has 128 valence electrons. The Kier molecular flexibility index (Phi) is 4.90. The molecule has 0 spiro atoms. The van der Waals surface area contributed by atoms with Crippen LogP contribution in [0, 0.1) is 0 Å². The number of nitrogens with zero attached hydrogens (tertiary/aromatic N) is 1. The predicted molar refractivity (Wildman–Crippen MR) is 91.9 cm³/mol. The zero-order valence-electron chi connectivity index (χ0n) is 13.6. The molecular formula is C19H17FN2O3. The van der Waals surface area contributed by atoms with Crippen molar-refractivity contribution in [2.75, 3.05) is 7.11 Å². The van der Waals surface area contributed by atoms with Crippen molar-refractivity contribution in [1.29, 1.82) is 0 Å². The number of ether oxygens (including phenoxy) is 2. The van der Waals surface area contributed by atoms with Gasteiger partial charge in [0.2, 0.25) is 12.3 Å². The first-order valence-electron chi connectivity index (χ1n) is 7.66. The molecule has 1 unspecified atom stereocenters. The van der Waals surface area contributed by atoms with Gasteiger partial charge in [0.1, 0.15) is 12.4 Å². The number of amides is 1. The van der Waals surface area contributed by atoms with Gasteiger partial charge in [-0.05, 0) is 30.3 Å². The third kappa shape index (κ3) is 3.75. The molecule has 6 heteroatoms. The number of fused-ring (bicyclic) bond motifs is 1. The molecule has 0 radical (unpaired) electrons. The van der Waals surface area contributed by atoms with Crippen LogP contribution in [-0.4, -0.2) is 18.0 Å². The van der Waals surface area contributed by atoms with Gasteiger partial charge in [0.15, 0.2) is 0 Å². The van der Waals surface area contributed by atoms with Gasteiger partial charge < -0.3 is 15.2 Å². The number of aromatic nitrogens is 1. The first kappa shape index (κ1) is 16.9. The number of alkyl halides is 1. The average molecular weight is 340 g/mol. The van der Waals surface area contributed by atoms with Crippen LogP contribution in [-0.2, 0) is 11.3 Å². The predicted octanol–water partition coefficient (Wildman–Crippen LogP) is 3.53. The van der Waals surface area contributed by atoms with Crippen LogP contribution < -0.4 is 10.5 Å². The summed E-state index contributed by atoms with van der Waals surface area (Å²) in [7, 11) is 1.21. The van der Waals surface area contributed by atoms with E-state index in [9.17, 15) is 9.18 Å². The lowest BCUT2D eigenvalue weighted by atomic mass is 10.1. The molecule has 0 saturated carbocycles. The Morgan fingerprint density at radius 1 is 1.20 bits per heavy atom. The molecule has 1 heterocycles. The second-order valence-electron chi connectivity index (χ2n) is 5.45. The molecule has 0 aliphatic rings. The number of para-hydroxylation sites is 1. The fraction of sp³-hybridized carbons (Fsp3) is 0.158. The first-order valence-corrected chi connectivity index (χ1v) is 7.66. The maximum Gasteiger partial charge on any atom is 0.249 e. The third-order valence-electron chi connectivity index (χ3n) is 3.78. The normalized spacial score (nSPS) is 12.1. The fourth-order valence-electron chi connectivity index (χ4n) is 2.52. The second kappa shape index (κ2) is 7.27. The van der Waals surface area contributed by atoms with E-state index in [2.05, 4.69) is 9.72 Å². The highest BCUT2D eigenvalue weighted by molar-refractivity contribution is 5.94. The van der Waals surface area contributed by atoms with E-state index in [4.69, 9.17) is 10.5 Å². The van der Waals surface area contributed by atoms with Gasteiger partial charge in [-0.15, -0.1) is 0 Å². The molecule has 2 N–H and O–H groups in total. The maximum absolute atomic E-state index is 13.9. The summed E-state index contributed by atoms with van der Waals surface area (Å²) in [5, 5.41) is 1.04. The van der Waals surface area contributed by atoms with Gasteiger partial charge in [-0.3, -0.25) is 4.79 Å². The molecule has 0 aliphatic heterocycles. The minimum absolute atomic E-state index is 0.0407. The van der Waals surface area contributed by atoms with Crippen molar-refractivity contribution in [2.24, 2.45) is 5.73 Å². The maximum atomic E-state index is 13.9. The van der Waals surface area contributed by atoms with Gasteiger partial charge in [-0.1, -0.05) is 24.3 Å². The average Bonchev–Trinajstić information content (AvgIpc) is 2.65. The van der Waals surface area contributed by atoms with Gasteiger partial charge in [0.05, 0.1) is 11.2 Å². The summed E-state index contributed by atoms with van der Waals surface area (Å²) in [6, 6.07) is 16.0. The highest BCUT2D eigenvalue weighted by Crippen LogP contribution is 2.27. The van der Waals surface area contributed by atoms with Crippen molar-refractivity contribution >= 4 is 16.8 Å². The number of primary amides is 1. The topological polar surface area (TPSA) is 74.4 Å². The number of nitrogens with two attached hydrogens (primary N) is 1. The molecule has 0 saturated heterocycles. The van der Waals surface area contributed by atoms with Gasteiger partial charge in [0, 0.05) is 23.6 Å². The van der Waals surface area contributed by atoms with Crippen LogP contribution in [0.3, 0.4) is 0 Å². The molecule has 0 aliphatic carbocycles. The molecular weight excluding hydrogens is 323 g/mol. The van der Waals surface area contributed by atoms with E-state index >= 15 is 0 Å². The van der Waals surface area contributed by atoms with Crippen LogP contribution >= 0.6 is 0 Å². The number of halogens is 1. The number of rotatable bonds is 6. The number of hydrogen-bond acceptors (Lipinski definition) is 4. The summed E-state index contributed by atoms with van der Waals surface area (Å²) in [4.78, 5) is 15.9. The van der Waals surface area contributed by atoms with Crippen molar-refractivity contribution in [1.82, 2.24) is 4.98 Å². The Morgan fingerprint density at radius 3 is 2.76 bits per heavy atom. The van der Waals surface area contributed by atoms with E-state index in [1.807, 2.05) is 36.4 Å². The van der Waals surface area contributed by atoms with E-state index in [-0.39, 0.29) is 17.7 Å². The molecule has 1 aromatic heterocycles. The van der Waals surface area contributed by atoms with Crippen molar-refractivity contribution < 1.29 is 18.7 Å². The summed E-state index contributed by atoms with van der Waals surface area (Å²) >= 11 is 0. The Balaban J connectivity index is 1.81. The minimum atomic E-state index is -1.76. The number of pyridine rings is 1. The smallest absolute Gasteiger partial charge is 0.249 e. The van der Waals surface area contributed by atoms with Crippen molar-refractivity contribution in [2.45, 2.75) is 13.0 Å². The second-order valence-corrected chi connectivity index (χ2v) is 5.45. The quantitative estimate of drug-likeness (QED) is 0.745. The van der Waals surface area contributed by atoms with Crippen LogP contribution in [0.5, 0.6) is 5.75 Å². The number of benzene rings is 2. The number of carbonyl (C=O) groups is 1. The molecule has 0 fully saturated rings. The van der Waals surface area contributed by atoms with Gasteiger partial charge in [-0.2, -0.15) is 0 Å². The Morgan fingerprint density at radius 2 is 2.00 bits per heavy atom. The van der Waals surface area contributed by atoms with E-state index in [1.54, 1.807) is 6.07 Å². The van der Waals surface area contributed by atoms with Gasteiger partial charge in [0.25, 0.3) is 0 Å². The largest absolute Gasteiger partial charge is 0.487 e. The Hall–Kier alpha value is -2.99. The molecule has 5 nitrogen and oxygen atoms in total. The van der Waals surface area contributed by atoms with Gasteiger partial charge >= 0.3 is 0 Å². The third-order valence-corrected chi connectivity index (χ3v) is 3.78. The number of carbonyl (C=O) groups excluding carboxylic acids is 1. The number of methoxy groups -OCH3 is 1. The van der Waals surface area contributed by atoms with Crippen LogP contribution in [0.25, 0.3) is 10.9 Å². The van der Waals surface area contributed by atoms with E-state index in [0.29, 0.717) is 5.75 Å². The van der Waals surface area contributed by atoms with Crippen LogP contribution in [0.2, 0.25) is 0 Å². The van der Waals surface area contributed by atoms with Crippen molar-refractivity contribution in [3.05, 3.63) is 71.4 Å². The lowest BCUT2D eigenvalue weighted by Crippen LogP contribution is -2.15. The summed E-state index contributed by atoms with van der Waals surface area (Å²) < 4.78 is 24.2. The summed E-state index contributed by atoms with van der Waals surface area (Å²) in [6.07, 6.45) is -1.76. The van der Waals surface area contributed by atoms with Crippen molar-refractivity contribution in [3.63, 3.8) is 0 Å². The van der Waals surface area contributed by atoms with E-state index in [1.165, 1.54) is 19.2 Å². The molecule has 1 amide bonds. The van der Waals surface area contributed by atoms with Crippen LogP contribution in [0.1, 0.15) is 28.0 Å². The van der Waals surface area contributed by atoms with Crippen molar-refractivity contribution in [3.8, 4) is 5.75 Å². The summed E-state index contributed by atoms with van der Waals surface area (Å²) in [5.41, 5.74) is 6.97.